The van der Waals surface area contributed by atoms with Crippen molar-refractivity contribution in [3.8, 4) is 0 Å². The lowest BCUT2D eigenvalue weighted by molar-refractivity contribution is -0.134. The summed E-state index contributed by atoms with van der Waals surface area (Å²) in [7, 11) is 0. The lowest BCUT2D eigenvalue weighted by Gasteiger charge is -2.19. The van der Waals surface area contributed by atoms with Gasteiger partial charge in [0.25, 0.3) is 0 Å². The number of nitrogens with zero attached hydrogens (tertiary/aromatic N) is 1. The van der Waals surface area contributed by atoms with Gasteiger partial charge in [0.15, 0.2) is 0 Å². The second-order valence-corrected chi connectivity index (χ2v) is 7.95. The molecule has 0 bridgehead atoms. The topological polar surface area (TPSA) is 61.4 Å². The number of rotatable bonds is 6. The fourth-order valence-corrected chi connectivity index (χ4v) is 3.84. The Labute approximate surface area is 166 Å². The Balaban J connectivity index is 1.35. The number of hydrogen-bond acceptors (Lipinski definition) is 3. The van der Waals surface area contributed by atoms with Crippen molar-refractivity contribution >= 4 is 23.2 Å². The van der Waals surface area contributed by atoms with Gasteiger partial charge >= 0.3 is 0 Å². The van der Waals surface area contributed by atoms with Crippen LogP contribution in [0.3, 0.4) is 0 Å². The number of carbonyl (C=O) groups is 2. The molecule has 0 radical (unpaired) electrons. The minimum absolute atomic E-state index is 0.180. The molecule has 2 aliphatic rings. The highest BCUT2D eigenvalue weighted by Crippen LogP contribution is 2.47. The average molecular weight is 377 g/mol. The number of hydrogen-bond donors (Lipinski definition) is 2. The quantitative estimate of drug-likeness (QED) is 0.756. The summed E-state index contributed by atoms with van der Waals surface area (Å²) in [5.74, 6) is -0.386. The third kappa shape index (κ3) is 3.88. The maximum atomic E-state index is 12.8. The molecule has 0 atom stereocenters. The predicted molar refractivity (Wildman–Crippen MR) is 111 cm³/mol. The lowest BCUT2D eigenvalue weighted by atomic mass is 10.0. The van der Waals surface area contributed by atoms with Crippen molar-refractivity contribution in [3.63, 3.8) is 0 Å². The van der Waals surface area contributed by atoms with Gasteiger partial charge in [-0.1, -0.05) is 29.8 Å². The van der Waals surface area contributed by atoms with Gasteiger partial charge in [-0.25, -0.2) is 0 Å². The number of aryl methyl sites for hydroxylation is 1. The first kappa shape index (κ1) is 18.5. The SMILES string of the molecule is Cc1cccc(CNC(=O)C2(C(=O)Nc3ccc(N4CCCC4)cc3)CC2)c1. The van der Waals surface area contributed by atoms with E-state index >= 15 is 0 Å². The van der Waals surface area contributed by atoms with Crippen LogP contribution < -0.4 is 15.5 Å². The van der Waals surface area contributed by atoms with Crippen molar-refractivity contribution in [3.05, 3.63) is 59.7 Å². The molecule has 4 rings (SSSR count). The van der Waals surface area contributed by atoms with Gasteiger partial charge in [-0.05, 0) is 62.4 Å². The van der Waals surface area contributed by atoms with Gasteiger partial charge in [-0.3, -0.25) is 9.59 Å². The van der Waals surface area contributed by atoms with Crippen LogP contribution in [-0.2, 0) is 16.1 Å². The number of nitrogens with one attached hydrogen (secondary N) is 2. The summed E-state index contributed by atoms with van der Waals surface area (Å²) in [6, 6.07) is 15.9. The standard InChI is InChI=1S/C23H27N3O2/c1-17-5-4-6-18(15-17)16-24-21(27)23(11-12-23)22(28)25-19-7-9-20(10-8-19)26-13-2-3-14-26/h4-10,15H,2-3,11-14,16H2,1H3,(H,24,27)(H,25,28). The molecule has 0 spiro atoms. The predicted octanol–water partition coefficient (Wildman–Crippen LogP) is 3.63. The molecule has 1 aliphatic heterocycles. The van der Waals surface area contributed by atoms with Crippen LogP contribution in [0.25, 0.3) is 0 Å². The molecule has 2 fully saturated rings. The van der Waals surface area contributed by atoms with Gasteiger partial charge < -0.3 is 15.5 Å². The Kier molecular flexibility index (Phi) is 5.07. The average Bonchev–Trinajstić information content (AvgIpc) is 3.34. The van der Waals surface area contributed by atoms with E-state index in [0.29, 0.717) is 19.4 Å². The third-order valence-corrected chi connectivity index (χ3v) is 5.75. The summed E-state index contributed by atoms with van der Waals surface area (Å²) >= 11 is 0. The molecule has 0 aromatic heterocycles. The van der Waals surface area contributed by atoms with Crippen molar-refractivity contribution in [2.75, 3.05) is 23.3 Å². The molecule has 1 aliphatic carbocycles. The molecule has 5 nitrogen and oxygen atoms in total. The first-order valence-electron chi connectivity index (χ1n) is 10.1. The molecular formula is C23H27N3O2. The zero-order chi connectivity index (χ0) is 19.6. The first-order valence-corrected chi connectivity index (χ1v) is 10.1. The highest BCUT2D eigenvalue weighted by Gasteiger charge is 2.56. The molecule has 2 aromatic rings. The van der Waals surface area contributed by atoms with Crippen LogP contribution in [0.15, 0.2) is 48.5 Å². The van der Waals surface area contributed by atoms with E-state index in [1.165, 1.54) is 18.5 Å². The second kappa shape index (κ2) is 7.66. The Hall–Kier alpha value is -2.82. The number of carbonyl (C=O) groups excluding carboxylic acids is 2. The van der Waals surface area contributed by atoms with E-state index in [2.05, 4.69) is 15.5 Å². The molecule has 5 heteroatoms. The van der Waals surface area contributed by atoms with E-state index in [9.17, 15) is 9.59 Å². The Morgan fingerprint density at radius 1 is 1.00 bits per heavy atom. The molecule has 1 saturated heterocycles. The van der Waals surface area contributed by atoms with Crippen LogP contribution in [0, 0.1) is 12.3 Å². The van der Waals surface area contributed by atoms with Gasteiger partial charge in [0.1, 0.15) is 5.41 Å². The summed E-state index contributed by atoms with van der Waals surface area (Å²) in [5.41, 5.74) is 3.21. The molecule has 0 unspecified atom stereocenters. The largest absolute Gasteiger partial charge is 0.372 e. The summed E-state index contributed by atoms with van der Waals surface area (Å²) < 4.78 is 0. The van der Waals surface area contributed by atoms with Crippen LogP contribution in [0.4, 0.5) is 11.4 Å². The maximum Gasteiger partial charge on any atom is 0.240 e. The van der Waals surface area contributed by atoms with Crippen LogP contribution in [0.2, 0.25) is 0 Å². The zero-order valence-electron chi connectivity index (χ0n) is 16.3. The molecule has 2 aromatic carbocycles. The summed E-state index contributed by atoms with van der Waals surface area (Å²) in [6.45, 7) is 4.65. The van der Waals surface area contributed by atoms with E-state index in [-0.39, 0.29) is 11.8 Å². The molecule has 2 amide bonds. The Bertz CT molecular complexity index is 866. The smallest absolute Gasteiger partial charge is 0.240 e. The fraction of sp³-hybridized carbons (Fsp3) is 0.391. The lowest BCUT2D eigenvalue weighted by Crippen LogP contribution is -2.39. The number of benzene rings is 2. The van der Waals surface area contributed by atoms with Gasteiger partial charge in [-0.15, -0.1) is 0 Å². The highest BCUT2D eigenvalue weighted by atomic mass is 16.2. The van der Waals surface area contributed by atoms with Gasteiger partial charge in [-0.2, -0.15) is 0 Å². The highest BCUT2D eigenvalue weighted by molar-refractivity contribution is 6.13. The normalized spacial score (nSPS) is 17.2. The summed E-state index contributed by atoms with van der Waals surface area (Å²) in [5, 5.41) is 5.87. The van der Waals surface area contributed by atoms with Crippen molar-refractivity contribution in [2.24, 2.45) is 5.41 Å². The number of amides is 2. The molecule has 146 valence electrons. The second-order valence-electron chi connectivity index (χ2n) is 7.95. The minimum Gasteiger partial charge on any atom is -0.372 e. The molecule has 1 saturated carbocycles. The van der Waals surface area contributed by atoms with Crippen LogP contribution in [0.1, 0.15) is 36.8 Å². The Morgan fingerprint density at radius 3 is 2.36 bits per heavy atom. The maximum absolute atomic E-state index is 12.8. The van der Waals surface area contributed by atoms with Gasteiger partial charge in [0, 0.05) is 31.0 Å². The Morgan fingerprint density at radius 2 is 1.71 bits per heavy atom. The third-order valence-electron chi connectivity index (χ3n) is 5.75. The van der Waals surface area contributed by atoms with Crippen molar-refractivity contribution in [1.82, 2.24) is 5.32 Å². The monoisotopic (exact) mass is 377 g/mol. The zero-order valence-corrected chi connectivity index (χ0v) is 16.3. The first-order chi connectivity index (χ1) is 13.6. The van der Waals surface area contributed by atoms with Crippen molar-refractivity contribution in [2.45, 2.75) is 39.2 Å². The molecule has 28 heavy (non-hydrogen) atoms. The summed E-state index contributed by atoms with van der Waals surface area (Å²) in [4.78, 5) is 27.8. The molecular weight excluding hydrogens is 350 g/mol. The van der Waals surface area contributed by atoms with Crippen LogP contribution >= 0.6 is 0 Å². The van der Waals surface area contributed by atoms with Crippen LogP contribution in [0.5, 0.6) is 0 Å². The fourth-order valence-electron chi connectivity index (χ4n) is 3.84. The summed E-state index contributed by atoms with van der Waals surface area (Å²) in [6.07, 6.45) is 3.67. The van der Waals surface area contributed by atoms with Crippen molar-refractivity contribution < 1.29 is 9.59 Å². The number of anilines is 2. The van der Waals surface area contributed by atoms with E-state index in [1.54, 1.807) is 0 Å². The van der Waals surface area contributed by atoms with E-state index in [1.807, 2.05) is 55.5 Å². The molecule has 2 N–H and O–H groups in total. The van der Waals surface area contributed by atoms with E-state index in [0.717, 1.165) is 29.9 Å². The molecule has 1 heterocycles. The van der Waals surface area contributed by atoms with Gasteiger partial charge in [0.2, 0.25) is 11.8 Å². The minimum atomic E-state index is -0.919. The van der Waals surface area contributed by atoms with E-state index < -0.39 is 5.41 Å². The van der Waals surface area contributed by atoms with Crippen molar-refractivity contribution in [1.29, 1.82) is 0 Å². The van der Waals surface area contributed by atoms with E-state index in [4.69, 9.17) is 0 Å². The van der Waals surface area contributed by atoms with Gasteiger partial charge in [0.05, 0.1) is 0 Å². The van der Waals surface area contributed by atoms with Crippen LogP contribution in [-0.4, -0.2) is 24.9 Å².